The van der Waals surface area contributed by atoms with Gasteiger partial charge in [-0.25, -0.2) is 0 Å². The van der Waals surface area contributed by atoms with Gasteiger partial charge in [-0.05, 0) is 52.8 Å². The van der Waals surface area contributed by atoms with E-state index in [0.717, 1.165) is 5.57 Å². The van der Waals surface area contributed by atoms with E-state index in [1.807, 2.05) is 27.7 Å². The molecule has 230 valence electrons. The molecule has 2 heterocycles. The van der Waals surface area contributed by atoms with Gasteiger partial charge < -0.3 is 39.5 Å². The summed E-state index contributed by atoms with van der Waals surface area (Å²) in [6, 6.07) is -0.641. The summed E-state index contributed by atoms with van der Waals surface area (Å²) in [5, 5.41) is 42.8. The first-order valence-electron chi connectivity index (χ1n) is 14.4. The molecule has 4 N–H and O–H groups in total. The summed E-state index contributed by atoms with van der Waals surface area (Å²) >= 11 is 0. The van der Waals surface area contributed by atoms with Gasteiger partial charge in [-0.1, -0.05) is 45.4 Å². The van der Waals surface area contributed by atoms with E-state index >= 15 is 0 Å². The third-order valence-corrected chi connectivity index (χ3v) is 8.33. The molecule has 2 aliphatic heterocycles. The van der Waals surface area contributed by atoms with Gasteiger partial charge >= 0.3 is 5.97 Å². The fourth-order valence-corrected chi connectivity index (χ4v) is 5.79. The van der Waals surface area contributed by atoms with Crippen molar-refractivity contribution in [3.63, 3.8) is 0 Å². The number of hydrogen-bond acceptors (Lipinski definition) is 10. The van der Waals surface area contributed by atoms with Crippen molar-refractivity contribution in [1.29, 1.82) is 0 Å². The van der Waals surface area contributed by atoms with E-state index in [1.165, 1.54) is 6.08 Å². The maximum Gasteiger partial charge on any atom is 0.308 e. The number of carbonyl (C=O) groups excluding carboxylic acids is 2. The molecule has 2 rings (SSSR count). The van der Waals surface area contributed by atoms with Gasteiger partial charge in [0.2, 0.25) is 0 Å². The van der Waals surface area contributed by atoms with Gasteiger partial charge in [0.25, 0.3) is 0 Å². The molecule has 0 spiro atoms. The Morgan fingerprint density at radius 3 is 2.27 bits per heavy atom. The Kier molecular flexibility index (Phi) is 13.4. The number of nitrogens with zero attached hydrogens (tertiary/aromatic N) is 1. The fourth-order valence-electron chi connectivity index (χ4n) is 5.79. The van der Waals surface area contributed by atoms with E-state index in [0.29, 0.717) is 12.8 Å². The van der Waals surface area contributed by atoms with Crippen LogP contribution in [-0.4, -0.2) is 107 Å². The minimum Gasteiger partial charge on any atom is -0.462 e. The Labute approximate surface area is 239 Å². The minimum absolute atomic E-state index is 0.0731. The highest BCUT2D eigenvalue weighted by atomic mass is 16.7. The summed E-state index contributed by atoms with van der Waals surface area (Å²) in [5.74, 6) is -2.36. The summed E-state index contributed by atoms with van der Waals surface area (Å²) in [7, 11) is 3.50. The van der Waals surface area contributed by atoms with Crippen molar-refractivity contribution in [3.05, 3.63) is 23.8 Å². The summed E-state index contributed by atoms with van der Waals surface area (Å²) in [6.07, 6.45) is -0.670. The number of cyclic esters (lactones) is 1. The van der Waals surface area contributed by atoms with Gasteiger partial charge in [0.05, 0.1) is 43.5 Å². The second-order valence-electron chi connectivity index (χ2n) is 11.9. The predicted octanol–water partition coefficient (Wildman–Crippen LogP) is 1.83. The number of ether oxygens (including phenoxy) is 3. The smallest absolute Gasteiger partial charge is 0.308 e. The summed E-state index contributed by atoms with van der Waals surface area (Å²) in [5.41, 5.74) is 0.763. The van der Waals surface area contributed by atoms with E-state index < -0.39 is 66.8 Å². The normalized spacial score (nSPS) is 43.2. The number of aliphatic hydroxyl groups is 4. The summed E-state index contributed by atoms with van der Waals surface area (Å²) in [4.78, 5) is 27.6. The molecule has 0 aromatic heterocycles. The highest BCUT2D eigenvalue weighted by Gasteiger charge is 2.46. The minimum atomic E-state index is -1.18. The molecule has 0 aromatic carbocycles. The number of ketones is 1. The molecule has 10 nitrogen and oxygen atoms in total. The van der Waals surface area contributed by atoms with Crippen molar-refractivity contribution in [2.75, 3.05) is 20.7 Å². The highest BCUT2D eigenvalue weighted by molar-refractivity contribution is 5.91. The molecular weight excluding hydrogens is 518 g/mol. The second kappa shape index (κ2) is 15.5. The average molecular weight is 570 g/mol. The van der Waals surface area contributed by atoms with Gasteiger partial charge in [-0.3, -0.25) is 9.59 Å². The first-order chi connectivity index (χ1) is 18.7. The van der Waals surface area contributed by atoms with E-state index in [1.54, 1.807) is 45.0 Å². The molecule has 1 saturated heterocycles. The summed E-state index contributed by atoms with van der Waals surface area (Å²) < 4.78 is 17.9. The predicted molar refractivity (Wildman–Crippen MR) is 150 cm³/mol. The van der Waals surface area contributed by atoms with Crippen LogP contribution in [0.1, 0.15) is 60.8 Å². The lowest BCUT2D eigenvalue weighted by Gasteiger charge is -2.46. The van der Waals surface area contributed by atoms with E-state index in [2.05, 4.69) is 0 Å². The third-order valence-electron chi connectivity index (χ3n) is 8.33. The van der Waals surface area contributed by atoms with Gasteiger partial charge in [0.15, 0.2) is 12.1 Å². The second-order valence-corrected chi connectivity index (χ2v) is 11.9. The molecule has 0 amide bonds. The number of aliphatic hydroxyl groups excluding tert-OH is 4. The largest absolute Gasteiger partial charge is 0.462 e. The first kappa shape index (κ1) is 34.5. The van der Waals surface area contributed by atoms with Crippen molar-refractivity contribution in [1.82, 2.24) is 4.90 Å². The lowest BCUT2D eigenvalue weighted by Crippen LogP contribution is -2.63. The van der Waals surface area contributed by atoms with Crippen LogP contribution in [0.5, 0.6) is 0 Å². The number of rotatable bonds is 5. The quantitative estimate of drug-likeness (QED) is 0.362. The standard InChI is InChI=1S/C30H51NO9/c1-9-24-21(15-32)12-16(2)10-11-22(33)17(3)13-18(4)29(19(5)23(34)14-25(35)39-24)40-30-28(37)26(31(7)8)27(36)20(6)38-30/h10-12,17-21,23-24,26-30,32,34,36-37H,9,13-15H2,1-8H3/b11-10+,16-12+/t17-,18+,19+,20?,21-,23-,24-,26?,27?,28?,29+,30?/m1/s1. The third kappa shape index (κ3) is 8.92. The Morgan fingerprint density at radius 2 is 1.70 bits per heavy atom. The molecule has 0 aliphatic carbocycles. The van der Waals surface area contributed by atoms with Crippen molar-refractivity contribution >= 4 is 11.8 Å². The van der Waals surface area contributed by atoms with E-state index in [9.17, 15) is 30.0 Å². The number of hydrogen-bond donors (Lipinski definition) is 4. The molecule has 0 bridgehead atoms. The number of esters is 1. The van der Waals surface area contributed by atoms with Gasteiger partial charge in [0, 0.05) is 17.8 Å². The maximum atomic E-state index is 13.0. The van der Waals surface area contributed by atoms with Crippen LogP contribution in [0.4, 0.5) is 0 Å². The lowest BCUT2D eigenvalue weighted by atomic mass is 9.82. The Balaban J connectivity index is 2.42. The fraction of sp³-hybridized carbons (Fsp3) is 0.800. The zero-order chi connectivity index (χ0) is 30.3. The van der Waals surface area contributed by atoms with Gasteiger partial charge in [-0.15, -0.1) is 0 Å². The van der Waals surface area contributed by atoms with Crippen LogP contribution in [0.2, 0.25) is 0 Å². The van der Waals surface area contributed by atoms with Crippen LogP contribution in [0, 0.1) is 23.7 Å². The van der Waals surface area contributed by atoms with Crippen LogP contribution >= 0.6 is 0 Å². The zero-order valence-electron chi connectivity index (χ0n) is 25.3. The topological polar surface area (TPSA) is 146 Å². The SMILES string of the molecule is CC[C@H]1OC(=O)C[C@@H](O)[C@H](C)[C@@H](OC2OC(C)C(O)C(N(C)C)C2O)[C@@H](C)C[C@@H](C)C(=O)/C=C/C(C)=C/[C@@H]1CO. The molecule has 5 unspecified atom stereocenters. The van der Waals surface area contributed by atoms with Crippen LogP contribution in [-0.2, 0) is 23.8 Å². The van der Waals surface area contributed by atoms with Crippen LogP contribution in [0.3, 0.4) is 0 Å². The van der Waals surface area contributed by atoms with Gasteiger partial charge in [0.1, 0.15) is 12.2 Å². The number of carbonyl (C=O) groups is 2. The Bertz CT molecular complexity index is 890. The Morgan fingerprint density at radius 1 is 1.05 bits per heavy atom. The summed E-state index contributed by atoms with van der Waals surface area (Å²) in [6.45, 7) is 10.6. The van der Waals surface area contributed by atoms with Crippen LogP contribution in [0.15, 0.2) is 23.8 Å². The highest BCUT2D eigenvalue weighted by Crippen LogP contribution is 2.33. The number of allylic oxidation sites excluding steroid dienone is 3. The van der Waals surface area contributed by atoms with Crippen molar-refractivity contribution in [3.8, 4) is 0 Å². The molecule has 12 atom stereocenters. The maximum absolute atomic E-state index is 13.0. The monoisotopic (exact) mass is 569 g/mol. The van der Waals surface area contributed by atoms with Crippen LogP contribution < -0.4 is 0 Å². The average Bonchev–Trinajstić information content (AvgIpc) is 2.89. The van der Waals surface area contributed by atoms with E-state index in [-0.39, 0.29) is 30.6 Å². The Hall–Kier alpha value is -1.66. The van der Waals surface area contributed by atoms with Gasteiger partial charge in [-0.2, -0.15) is 0 Å². The molecule has 2 aliphatic rings. The number of likely N-dealkylation sites (N-methyl/N-ethyl adjacent to an activating group) is 1. The molecular formula is C30H51NO9. The molecule has 0 aromatic rings. The van der Waals surface area contributed by atoms with Crippen molar-refractivity contribution in [2.45, 2.75) is 110 Å². The van der Waals surface area contributed by atoms with Crippen molar-refractivity contribution < 1.29 is 44.2 Å². The van der Waals surface area contributed by atoms with Crippen molar-refractivity contribution in [2.24, 2.45) is 23.7 Å². The molecule has 0 saturated carbocycles. The molecule has 10 heteroatoms. The first-order valence-corrected chi connectivity index (χ1v) is 14.4. The van der Waals surface area contributed by atoms with E-state index in [4.69, 9.17) is 14.2 Å². The zero-order valence-corrected chi connectivity index (χ0v) is 25.3. The molecule has 1 fully saturated rings. The molecule has 40 heavy (non-hydrogen) atoms. The molecule has 0 radical (unpaired) electrons. The van der Waals surface area contributed by atoms with Crippen LogP contribution in [0.25, 0.3) is 0 Å². The lowest BCUT2D eigenvalue weighted by molar-refractivity contribution is -0.303.